The maximum Gasteiger partial charge on any atom is 0.195 e. The first-order valence-corrected chi connectivity index (χ1v) is 7.32. The van der Waals surface area contributed by atoms with Gasteiger partial charge in [-0.2, -0.15) is 0 Å². The van der Waals surface area contributed by atoms with E-state index in [-0.39, 0.29) is 5.41 Å². The first kappa shape index (κ1) is 14.9. The van der Waals surface area contributed by atoms with Crippen molar-refractivity contribution in [3.63, 3.8) is 0 Å². The van der Waals surface area contributed by atoms with Gasteiger partial charge in [0.05, 0.1) is 6.54 Å². The molecule has 0 radical (unpaired) electrons. The Balaban J connectivity index is 2.22. The third-order valence-electron chi connectivity index (χ3n) is 4.13. The summed E-state index contributed by atoms with van der Waals surface area (Å²) in [6, 6.07) is 6.82. The highest BCUT2D eigenvalue weighted by Crippen LogP contribution is 2.49. The predicted octanol–water partition coefficient (Wildman–Crippen LogP) is 2.81. The molecule has 0 bridgehead atoms. The summed E-state index contributed by atoms with van der Waals surface area (Å²) in [4.78, 5) is 9.03. The zero-order valence-electron chi connectivity index (χ0n) is 13.7. The summed E-state index contributed by atoms with van der Waals surface area (Å²) >= 11 is 0. The van der Waals surface area contributed by atoms with Gasteiger partial charge in [0.15, 0.2) is 5.96 Å². The van der Waals surface area contributed by atoms with Gasteiger partial charge >= 0.3 is 0 Å². The van der Waals surface area contributed by atoms with Crippen LogP contribution in [0.2, 0.25) is 0 Å². The second-order valence-corrected chi connectivity index (χ2v) is 6.50. The van der Waals surface area contributed by atoms with Crippen molar-refractivity contribution in [1.82, 2.24) is 9.80 Å². The summed E-state index contributed by atoms with van der Waals surface area (Å²) in [5, 5.41) is 0. The van der Waals surface area contributed by atoms with E-state index in [4.69, 9.17) is 4.99 Å². The first-order valence-electron chi connectivity index (χ1n) is 7.32. The maximum atomic E-state index is 4.87. The summed E-state index contributed by atoms with van der Waals surface area (Å²) in [6.45, 7) is 5.28. The molecule has 1 aromatic carbocycles. The molecule has 0 aromatic heterocycles. The van der Waals surface area contributed by atoms with Gasteiger partial charge in [-0.3, -0.25) is 4.99 Å². The van der Waals surface area contributed by atoms with Crippen molar-refractivity contribution >= 4 is 5.96 Å². The van der Waals surface area contributed by atoms with Crippen LogP contribution >= 0.6 is 0 Å². The molecule has 1 aliphatic carbocycles. The Morgan fingerprint density at radius 1 is 1.10 bits per heavy atom. The molecule has 0 saturated heterocycles. The van der Waals surface area contributed by atoms with E-state index in [1.807, 2.05) is 0 Å². The molecule has 0 heterocycles. The third-order valence-corrected chi connectivity index (χ3v) is 4.13. The molecule has 0 atom stereocenters. The van der Waals surface area contributed by atoms with Gasteiger partial charge in [-0.15, -0.1) is 0 Å². The number of guanidine groups is 1. The Kier molecular flexibility index (Phi) is 4.07. The molecular weight excluding hydrogens is 246 g/mol. The lowest BCUT2D eigenvalue weighted by Gasteiger charge is -2.24. The molecule has 0 N–H and O–H groups in total. The highest BCUT2D eigenvalue weighted by atomic mass is 15.3. The van der Waals surface area contributed by atoms with E-state index in [0.29, 0.717) is 0 Å². The van der Waals surface area contributed by atoms with Gasteiger partial charge in [0.1, 0.15) is 0 Å². The maximum absolute atomic E-state index is 4.87. The van der Waals surface area contributed by atoms with Crippen LogP contribution in [-0.2, 0) is 5.41 Å². The Bertz CT molecular complexity index is 501. The molecule has 20 heavy (non-hydrogen) atoms. The SMILES string of the molecule is Cc1ccc(C2(CN=C(N(C)C)N(C)C)CC2)c(C)c1. The van der Waals surface area contributed by atoms with Crippen LogP contribution in [0.5, 0.6) is 0 Å². The van der Waals surface area contributed by atoms with Crippen LogP contribution < -0.4 is 0 Å². The highest BCUT2D eigenvalue weighted by molar-refractivity contribution is 5.79. The molecule has 3 heteroatoms. The third kappa shape index (κ3) is 2.97. The Morgan fingerprint density at radius 3 is 2.15 bits per heavy atom. The summed E-state index contributed by atoms with van der Waals surface area (Å²) in [6.07, 6.45) is 2.52. The van der Waals surface area contributed by atoms with Crippen LogP contribution in [-0.4, -0.2) is 50.5 Å². The van der Waals surface area contributed by atoms with E-state index >= 15 is 0 Å². The Morgan fingerprint density at radius 2 is 1.70 bits per heavy atom. The molecule has 1 aliphatic rings. The van der Waals surface area contributed by atoms with Crippen molar-refractivity contribution in [1.29, 1.82) is 0 Å². The number of nitrogens with zero attached hydrogens (tertiary/aromatic N) is 3. The quantitative estimate of drug-likeness (QED) is 0.623. The fraction of sp³-hybridized carbons (Fsp3) is 0.588. The van der Waals surface area contributed by atoms with Crippen LogP contribution in [0.4, 0.5) is 0 Å². The molecular formula is C17H27N3. The van der Waals surface area contributed by atoms with Gasteiger partial charge in [-0.25, -0.2) is 0 Å². The van der Waals surface area contributed by atoms with Gasteiger partial charge in [-0.1, -0.05) is 23.8 Å². The van der Waals surface area contributed by atoms with E-state index in [1.54, 1.807) is 0 Å². The molecule has 3 nitrogen and oxygen atoms in total. The molecule has 0 aliphatic heterocycles. The highest BCUT2D eigenvalue weighted by Gasteiger charge is 2.45. The topological polar surface area (TPSA) is 18.8 Å². The normalized spacial score (nSPS) is 15.7. The number of benzene rings is 1. The molecule has 2 rings (SSSR count). The number of aliphatic imine (C=N–C) groups is 1. The number of hydrogen-bond acceptors (Lipinski definition) is 1. The fourth-order valence-corrected chi connectivity index (χ4v) is 2.98. The number of hydrogen-bond donors (Lipinski definition) is 0. The second-order valence-electron chi connectivity index (χ2n) is 6.50. The van der Waals surface area contributed by atoms with Crippen molar-refractivity contribution in [2.45, 2.75) is 32.1 Å². The van der Waals surface area contributed by atoms with E-state index in [0.717, 1.165) is 12.5 Å². The van der Waals surface area contributed by atoms with Crippen LogP contribution in [0.25, 0.3) is 0 Å². The van der Waals surface area contributed by atoms with Crippen molar-refractivity contribution in [3.05, 3.63) is 34.9 Å². The minimum atomic E-state index is 0.287. The summed E-state index contributed by atoms with van der Waals surface area (Å²) < 4.78 is 0. The average molecular weight is 273 g/mol. The molecule has 0 amide bonds. The van der Waals surface area contributed by atoms with E-state index in [2.05, 4.69) is 70.0 Å². The van der Waals surface area contributed by atoms with Gasteiger partial charge in [0, 0.05) is 33.6 Å². The lowest BCUT2D eigenvalue weighted by molar-refractivity contribution is 0.476. The van der Waals surface area contributed by atoms with Gasteiger partial charge in [0.25, 0.3) is 0 Å². The van der Waals surface area contributed by atoms with Crippen LogP contribution in [0.3, 0.4) is 0 Å². The average Bonchev–Trinajstić information content (AvgIpc) is 3.09. The number of rotatable bonds is 3. The predicted molar refractivity (Wildman–Crippen MR) is 86.5 cm³/mol. The monoisotopic (exact) mass is 273 g/mol. The van der Waals surface area contributed by atoms with Crippen molar-refractivity contribution < 1.29 is 0 Å². The smallest absolute Gasteiger partial charge is 0.195 e. The summed E-state index contributed by atoms with van der Waals surface area (Å²) in [7, 11) is 8.20. The van der Waals surface area contributed by atoms with Gasteiger partial charge < -0.3 is 9.80 Å². The second kappa shape index (κ2) is 5.47. The molecule has 0 unspecified atom stereocenters. The van der Waals surface area contributed by atoms with Gasteiger partial charge in [0.2, 0.25) is 0 Å². The zero-order valence-corrected chi connectivity index (χ0v) is 13.7. The lowest BCUT2D eigenvalue weighted by Crippen LogP contribution is -2.36. The summed E-state index contributed by atoms with van der Waals surface area (Å²) in [5.74, 6) is 1.04. The standard InChI is InChI=1S/C17H27N3/c1-13-7-8-15(14(2)11-13)17(9-10-17)12-18-16(19(3)4)20(5)6/h7-8,11H,9-10,12H2,1-6H3. The molecule has 1 fully saturated rings. The van der Waals surface area contributed by atoms with Crippen molar-refractivity contribution in [3.8, 4) is 0 Å². The van der Waals surface area contributed by atoms with Crippen LogP contribution in [0.1, 0.15) is 29.5 Å². The van der Waals surface area contributed by atoms with E-state index in [9.17, 15) is 0 Å². The molecule has 1 aromatic rings. The Hall–Kier alpha value is -1.51. The fourth-order valence-electron chi connectivity index (χ4n) is 2.98. The molecule has 1 saturated carbocycles. The van der Waals surface area contributed by atoms with Crippen molar-refractivity contribution in [2.24, 2.45) is 4.99 Å². The van der Waals surface area contributed by atoms with Crippen LogP contribution in [0, 0.1) is 13.8 Å². The van der Waals surface area contributed by atoms with Crippen molar-refractivity contribution in [2.75, 3.05) is 34.7 Å². The zero-order chi connectivity index (χ0) is 14.9. The Labute approximate surface area is 123 Å². The van der Waals surface area contributed by atoms with E-state index in [1.165, 1.54) is 29.5 Å². The van der Waals surface area contributed by atoms with Gasteiger partial charge in [-0.05, 0) is 37.8 Å². The minimum absolute atomic E-state index is 0.287. The largest absolute Gasteiger partial charge is 0.349 e. The number of aryl methyl sites for hydroxylation is 2. The molecule has 110 valence electrons. The lowest BCUT2D eigenvalue weighted by atomic mass is 9.91. The summed E-state index contributed by atoms with van der Waals surface area (Å²) in [5.41, 5.74) is 4.53. The van der Waals surface area contributed by atoms with Crippen LogP contribution in [0.15, 0.2) is 23.2 Å². The van der Waals surface area contributed by atoms with E-state index < -0.39 is 0 Å². The molecule has 0 spiro atoms. The minimum Gasteiger partial charge on any atom is -0.349 e. The first-order chi connectivity index (χ1) is 9.35.